The van der Waals surface area contributed by atoms with Gasteiger partial charge in [-0.3, -0.25) is 4.79 Å². The highest BCUT2D eigenvalue weighted by Crippen LogP contribution is 2.26. The van der Waals surface area contributed by atoms with Gasteiger partial charge in [-0.25, -0.2) is 9.97 Å². The lowest BCUT2D eigenvalue weighted by Crippen LogP contribution is -2.41. The third-order valence-electron chi connectivity index (χ3n) is 4.87. The predicted molar refractivity (Wildman–Crippen MR) is 92.7 cm³/mol. The van der Waals surface area contributed by atoms with Crippen molar-refractivity contribution >= 4 is 5.91 Å². The van der Waals surface area contributed by atoms with Crippen molar-refractivity contribution in [3.8, 4) is 0 Å². The van der Waals surface area contributed by atoms with Gasteiger partial charge in [0.05, 0.1) is 0 Å². The molecule has 0 aromatic carbocycles. The number of imidazole rings is 2. The van der Waals surface area contributed by atoms with E-state index in [1.807, 2.05) is 28.8 Å². The summed E-state index contributed by atoms with van der Waals surface area (Å²) in [5.74, 6) is 2.54. The maximum absolute atomic E-state index is 12.6. The summed E-state index contributed by atoms with van der Waals surface area (Å²) in [6.45, 7) is 7.15. The molecule has 2 aromatic rings. The van der Waals surface area contributed by atoms with Gasteiger partial charge in [-0.2, -0.15) is 0 Å². The lowest BCUT2D eigenvalue weighted by Gasteiger charge is -2.33. The summed E-state index contributed by atoms with van der Waals surface area (Å²) in [4.78, 5) is 23.4. The van der Waals surface area contributed by atoms with Gasteiger partial charge in [0.1, 0.15) is 18.2 Å². The Kier molecular flexibility index (Phi) is 5.33. The molecule has 0 unspecified atom stereocenters. The lowest BCUT2D eigenvalue weighted by molar-refractivity contribution is -0.133. The Balaban J connectivity index is 1.65. The summed E-state index contributed by atoms with van der Waals surface area (Å²) in [5.41, 5.74) is 0. The summed E-state index contributed by atoms with van der Waals surface area (Å²) in [6.07, 6.45) is 12.1. The van der Waals surface area contributed by atoms with Gasteiger partial charge in [0.25, 0.3) is 0 Å². The number of unbranched alkanes of at least 4 members (excludes halogenated alkanes) is 1. The van der Waals surface area contributed by atoms with Crippen LogP contribution in [0.1, 0.15) is 50.2 Å². The molecular weight excluding hydrogens is 302 g/mol. The smallest absolute Gasteiger partial charge is 0.242 e. The molecule has 0 radical (unpaired) electrons. The van der Waals surface area contributed by atoms with Crippen molar-refractivity contribution in [2.24, 2.45) is 0 Å². The Morgan fingerprint density at radius 1 is 1.25 bits per heavy atom. The number of aromatic nitrogens is 4. The number of hydrogen-bond acceptors (Lipinski definition) is 3. The van der Waals surface area contributed by atoms with Crippen LogP contribution in [0.3, 0.4) is 0 Å². The van der Waals surface area contributed by atoms with Crippen LogP contribution in [0.15, 0.2) is 24.8 Å². The maximum atomic E-state index is 12.6. The van der Waals surface area contributed by atoms with Gasteiger partial charge in [0.2, 0.25) is 5.91 Å². The summed E-state index contributed by atoms with van der Waals surface area (Å²) < 4.78 is 4.18. The van der Waals surface area contributed by atoms with Gasteiger partial charge in [0.15, 0.2) is 0 Å². The molecule has 1 atom stereocenters. The van der Waals surface area contributed by atoms with Crippen molar-refractivity contribution in [1.29, 1.82) is 0 Å². The number of carbonyl (C=O) groups excluding carboxylic acids is 1. The molecule has 1 amide bonds. The molecule has 0 N–H and O–H groups in total. The van der Waals surface area contributed by atoms with Crippen molar-refractivity contribution in [2.75, 3.05) is 13.1 Å². The fraction of sp³-hybridized carbons (Fsp3) is 0.611. The van der Waals surface area contributed by atoms with Crippen molar-refractivity contribution in [1.82, 2.24) is 24.0 Å². The Labute approximate surface area is 143 Å². The average molecular weight is 329 g/mol. The van der Waals surface area contributed by atoms with E-state index in [9.17, 15) is 4.79 Å². The second-order valence-electron chi connectivity index (χ2n) is 6.61. The van der Waals surface area contributed by atoms with Crippen LogP contribution in [-0.4, -0.2) is 43.0 Å². The molecule has 3 heterocycles. The number of nitrogens with zero attached hydrogens (tertiary/aromatic N) is 5. The topological polar surface area (TPSA) is 56.0 Å². The van der Waals surface area contributed by atoms with E-state index in [-0.39, 0.29) is 5.91 Å². The monoisotopic (exact) mass is 329 g/mol. The highest BCUT2D eigenvalue weighted by molar-refractivity contribution is 5.76. The molecule has 3 rings (SSSR count). The summed E-state index contributed by atoms with van der Waals surface area (Å²) >= 11 is 0. The van der Waals surface area contributed by atoms with E-state index in [1.54, 1.807) is 6.20 Å². The van der Waals surface area contributed by atoms with Crippen LogP contribution in [0.2, 0.25) is 0 Å². The van der Waals surface area contributed by atoms with Crippen LogP contribution < -0.4 is 0 Å². The molecule has 6 nitrogen and oxygen atoms in total. The van der Waals surface area contributed by atoms with E-state index in [0.29, 0.717) is 12.5 Å². The number of piperidine rings is 1. The van der Waals surface area contributed by atoms with Gasteiger partial charge in [0, 0.05) is 50.3 Å². The lowest BCUT2D eigenvalue weighted by atomic mass is 9.97. The first-order valence-corrected chi connectivity index (χ1v) is 8.95. The maximum Gasteiger partial charge on any atom is 0.242 e. The Hall–Kier alpha value is -2.11. The molecule has 2 aromatic heterocycles. The Bertz CT molecular complexity index is 675. The molecule has 130 valence electrons. The first-order chi connectivity index (χ1) is 11.7. The van der Waals surface area contributed by atoms with E-state index in [4.69, 9.17) is 0 Å². The normalized spacial score (nSPS) is 18.1. The quantitative estimate of drug-likeness (QED) is 0.818. The largest absolute Gasteiger partial charge is 0.340 e. The zero-order valence-corrected chi connectivity index (χ0v) is 14.7. The third kappa shape index (κ3) is 3.68. The highest BCUT2D eigenvalue weighted by Gasteiger charge is 2.27. The van der Waals surface area contributed by atoms with Crippen LogP contribution in [-0.2, 0) is 17.9 Å². The first kappa shape index (κ1) is 16.7. The van der Waals surface area contributed by atoms with Crippen molar-refractivity contribution in [3.05, 3.63) is 36.4 Å². The number of likely N-dealkylation sites (tertiary alicyclic amines) is 1. The predicted octanol–water partition coefficient (Wildman–Crippen LogP) is 2.59. The molecule has 1 fully saturated rings. The molecule has 1 aliphatic heterocycles. The number of hydrogen-bond donors (Lipinski definition) is 0. The molecule has 0 aliphatic carbocycles. The minimum atomic E-state index is 0.174. The summed E-state index contributed by atoms with van der Waals surface area (Å²) in [6, 6.07) is 0. The van der Waals surface area contributed by atoms with Crippen LogP contribution >= 0.6 is 0 Å². The van der Waals surface area contributed by atoms with Gasteiger partial charge < -0.3 is 14.0 Å². The van der Waals surface area contributed by atoms with Crippen LogP contribution in [0.5, 0.6) is 0 Å². The molecule has 6 heteroatoms. The van der Waals surface area contributed by atoms with Gasteiger partial charge in [-0.05, 0) is 26.2 Å². The molecular formula is C18H27N5O. The third-order valence-corrected chi connectivity index (χ3v) is 4.87. The number of amides is 1. The zero-order chi connectivity index (χ0) is 16.9. The summed E-state index contributed by atoms with van der Waals surface area (Å²) in [7, 11) is 0. The molecule has 0 bridgehead atoms. The van der Waals surface area contributed by atoms with Crippen molar-refractivity contribution in [2.45, 2.75) is 58.5 Å². The molecule has 1 aliphatic rings. The van der Waals surface area contributed by atoms with E-state index in [0.717, 1.165) is 44.1 Å². The highest BCUT2D eigenvalue weighted by atomic mass is 16.2. The van der Waals surface area contributed by atoms with Gasteiger partial charge in [-0.15, -0.1) is 0 Å². The van der Waals surface area contributed by atoms with Crippen molar-refractivity contribution in [3.63, 3.8) is 0 Å². The minimum Gasteiger partial charge on any atom is -0.340 e. The molecule has 0 saturated carbocycles. The summed E-state index contributed by atoms with van der Waals surface area (Å²) in [5, 5.41) is 0. The number of aryl methyl sites for hydroxylation is 2. The van der Waals surface area contributed by atoms with E-state index in [1.165, 1.54) is 12.8 Å². The van der Waals surface area contributed by atoms with Crippen LogP contribution in [0, 0.1) is 6.92 Å². The standard InChI is InChI=1S/C18H27N5O/c1-3-4-9-21-11-8-20-18(21)16-6-5-10-23(13-16)17(24)14-22-12-7-19-15(22)2/h7-8,11-12,16H,3-6,9-10,13-14H2,1-2H3/t16-/m0/s1. The molecule has 0 spiro atoms. The zero-order valence-electron chi connectivity index (χ0n) is 14.7. The van der Waals surface area contributed by atoms with Crippen LogP contribution in [0.25, 0.3) is 0 Å². The number of carbonyl (C=O) groups is 1. The van der Waals surface area contributed by atoms with Gasteiger partial charge >= 0.3 is 0 Å². The minimum absolute atomic E-state index is 0.174. The Morgan fingerprint density at radius 2 is 2.04 bits per heavy atom. The number of rotatable bonds is 6. The second-order valence-corrected chi connectivity index (χ2v) is 6.61. The molecule has 24 heavy (non-hydrogen) atoms. The van der Waals surface area contributed by atoms with Crippen LogP contribution in [0.4, 0.5) is 0 Å². The SMILES string of the molecule is CCCCn1ccnc1[C@H]1CCCN(C(=O)Cn2ccnc2C)C1. The second kappa shape index (κ2) is 7.64. The van der Waals surface area contributed by atoms with E-state index < -0.39 is 0 Å². The first-order valence-electron chi connectivity index (χ1n) is 8.95. The Morgan fingerprint density at radius 3 is 2.79 bits per heavy atom. The fourth-order valence-corrected chi connectivity index (χ4v) is 3.43. The van der Waals surface area contributed by atoms with E-state index >= 15 is 0 Å². The average Bonchev–Trinajstić information content (AvgIpc) is 3.22. The molecule has 1 saturated heterocycles. The van der Waals surface area contributed by atoms with Gasteiger partial charge in [-0.1, -0.05) is 13.3 Å². The fourth-order valence-electron chi connectivity index (χ4n) is 3.43. The van der Waals surface area contributed by atoms with E-state index in [2.05, 4.69) is 27.7 Å². The van der Waals surface area contributed by atoms with Crippen molar-refractivity contribution < 1.29 is 4.79 Å².